The van der Waals surface area contributed by atoms with Crippen molar-refractivity contribution in [2.75, 3.05) is 6.54 Å². The number of aryl methyl sites for hydroxylation is 1. The van der Waals surface area contributed by atoms with Crippen LogP contribution >= 0.6 is 0 Å². The Morgan fingerprint density at radius 1 is 1.33 bits per heavy atom. The van der Waals surface area contributed by atoms with Crippen molar-refractivity contribution >= 4 is 10.0 Å². The molecule has 0 aliphatic heterocycles. The highest BCUT2D eigenvalue weighted by molar-refractivity contribution is 7.89. The molecule has 0 amide bonds. The maximum atomic E-state index is 12.4. The van der Waals surface area contributed by atoms with Crippen LogP contribution in [0.2, 0.25) is 0 Å². The second kappa shape index (κ2) is 7.42. The van der Waals surface area contributed by atoms with E-state index in [-0.39, 0.29) is 0 Å². The predicted octanol–water partition coefficient (Wildman–Crippen LogP) is 2.22. The summed E-state index contributed by atoms with van der Waals surface area (Å²) in [7, 11) is -3.42. The molecule has 120 valence electrons. The molecule has 0 aromatic carbocycles. The predicted molar refractivity (Wildman–Crippen MR) is 84.4 cm³/mol. The first-order valence-electron chi connectivity index (χ1n) is 7.95. The number of hydrogen-bond donors (Lipinski definition) is 2. The zero-order valence-electron chi connectivity index (χ0n) is 12.8. The first-order valence-corrected chi connectivity index (χ1v) is 9.44. The molecule has 3 N–H and O–H groups in total. The molecule has 0 radical (unpaired) electrons. The van der Waals surface area contributed by atoms with Gasteiger partial charge in [0.2, 0.25) is 10.0 Å². The van der Waals surface area contributed by atoms with Gasteiger partial charge in [0.1, 0.15) is 0 Å². The van der Waals surface area contributed by atoms with Crippen molar-refractivity contribution in [3.63, 3.8) is 0 Å². The van der Waals surface area contributed by atoms with Gasteiger partial charge in [0.25, 0.3) is 0 Å². The lowest BCUT2D eigenvalue weighted by atomic mass is 9.90. The molecule has 0 unspecified atom stereocenters. The summed E-state index contributed by atoms with van der Waals surface area (Å²) in [6, 6.07) is 1.69. The molecule has 1 saturated carbocycles. The van der Waals surface area contributed by atoms with Crippen molar-refractivity contribution in [3.8, 4) is 0 Å². The monoisotopic (exact) mass is 313 g/mol. The highest BCUT2D eigenvalue weighted by Gasteiger charge is 2.20. The third-order valence-electron chi connectivity index (χ3n) is 4.23. The Balaban J connectivity index is 2.04. The topological polar surface area (TPSA) is 77.1 Å². The second-order valence-corrected chi connectivity index (χ2v) is 7.69. The van der Waals surface area contributed by atoms with E-state index in [2.05, 4.69) is 11.6 Å². The van der Waals surface area contributed by atoms with Crippen LogP contribution in [0.15, 0.2) is 17.2 Å². The van der Waals surface area contributed by atoms with Gasteiger partial charge in [-0.3, -0.25) is 0 Å². The number of aromatic nitrogens is 1. The molecule has 0 atom stereocenters. The Bertz CT molecular complexity index is 545. The van der Waals surface area contributed by atoms with E-state index < -0.39 is 10.0 Å². The van der Waals surface area contributed by atoms with Crippen LogP contribution in [0.1, 0.15) is 51.1 Å². The minimum atomic E-state index is -3.42. The van der Waals surface area contributed by atoms with Crippen molar-refractivity contribution < 1.29 is 8.42 Å². The first kappa shape index (κ1) is 16.5. The zero-order valence-corrected chi connectivity index (χ0v) is 13.7. The van der Waals surface area contributed by atoms with Crippen LogP contribution in [0.25, 0.3) is 0 Å². The average molecular weight is 313 g/mol. The fourth-order valence-electron chi connectivity index (χ4n) is 3.00. The molecule has 0 bridgehead atoms. The minimum absolute atomic E-state index is 0.340. The van der Waals surface area contributed by atoms with Crippen molar-refractivity contribution in [1.82, 2.24) is 9.29 Å². The van der Waals surface area contributed by atoms with Crippen LogP contribution in [0.4, 0.5) is 0 Å². The molecule has 2 rings (SSSR count). The summed E-state index contributed by atoms with van der Waals surface area (Å²) in [6.07, 6.45) is 8.64. The summed E-state index contributed by atoms with van der Waals surface area (Å²) in [6.45, 7) is 3.78. The van der Waals surface area contributed by atoms with Crippen molar-refractivity contribution in [1.29, 1.82) is 0 Å². The van der Waals surface area contributed by atoms with Gasteiger partial charge < -0.3 is 10.3 Å². The molecule has 1 aliphatic carbocycles. The summed E-state index contributed by atoms with van der Waals surface area (Å²) in [5.74, 6) is 0.486. The van der Waals surface area contributed by atoms with Crippen molar-refractivity contribution in [3.05, 3.63) is 18.0 Å². The molecule has 1 aromatic rings. The molecule has 6 heteroatoms. The third-order valence-corrected chi connectivity index (χ3v) is 5.62. The largest absolute Gasteiger partial charge is 0.349 e. The van der Waals surface area contributed by atoms with Gasteiger partial charge in [-0.15, -0.1) is 0 Å². The molecule has 1 aromatic heterocycles. The summed E-state index contributed by atoms with van der Waals surface area (Å²) in [4.78, 5) is 0.340. The van der Waals surface area contributed by atoms with E-state index in [1.54, 1.807) is 12.3 Å². The maximum absolute atomic E-state index is 12.4. The molecule has 1 heterocycles. The Kier molecular flexibility index (Phi) is 5.84. The zero-order chi connectivity index (χ0) is 15.3. The Morgan fingerprint density at radius 2 is 2.05 bits per heavy atom. The Labute approximate surface area is 128 Å². The highest BCUT2D eigenvalue weighted by Crippen LogP contribution is 2.23. The van der Waals surface area contributed by atoms with Gasteiger partial charge in [-0.2, -0.15) is 0 Å². The summed E-state index contributed by atoms with van der Waals surface area (Å²) >= 11 is 0. The third kappa shape index (κ3) is 4.31. The summed E-state index contributed by atoms with van der Waals surface area (Å²) < 4.78 is 29.5. The van der Waals surface area contributed by atoms with Crippen LogP contribution < -0.4 is 10.5 Å². The van der Waals surface area contributed by atoms with Crippen LogP contribution in [0, 0.1) is 5.92 Å². The lowest BCUT2D eigenvalue weighted by Crippen LogP contribution is -2.30. The van der Waals surface area contributed by atoms with Gasteiger partial charge in [0.15, 0.2) is 0 Å². The van der Waals surface area contributed by atoms with Crippen LogP contribution in [0.3, 0.4) is 0 Å². The Hall–Kier alpha value is -0.850. The highest BCUT2D eigenvalue weighted by atomic mass is 32.2. The van der Waals surface area contributed by atoms with Crippen LogP contribution in [-0.2, 0) is 23.1 Å². The number of rotatable bonds is 7. The van der Waals surface area contributed by atoms with E-state index in [9.17, 15) is 8.42 Å². The van der Waals surface area contributed by atoms with Crippen LogP contribution in [-0.4, -0.2) is 19.5 Å². The molecule has 0 saturated heterocycles. The molecule has 5 nitrogen and oxygen atoms in total. The number of nitrogens with two attached hydrogens (primary N) is 1. The lowest BCUT2D eigenvalue weighted by Gasteiger charge is -2.21. The quantitative estimate of drug-likeness (QED) is 0.810. The van der Waals surface area contributed by atoms with E-state index in [1.807, 2.05) is 4.57 Å². The minimum Gasteiger partial charge on any atom is -0.349 e. The number of nitrogens with one attached hydrogen (secondary N) is 1. The Morgan fingerprint density at radius 3 is 2.67 bits per heavy atom. The lowest BCUT2D eigenvalue weighted by molar-refractivity contribution is 0.357. The molecule has 21 heavy (non-hydrogen) atoms. The molecule has 1 aliphatic rings. The normalized spacial score (nSPS) is 17.2. The van der Waals surface area contributed by atoms with Gasteiger partial charge >= 0.3 is 0 Å². The van der Waals surface area contributed by atoms with Gasteiger partial charge in [0, 0.05) is 31.5 Å². The van der Waals surface area contributed by atoms with Crippen LogP contribution in [0.5, 0.6) is 0 Å². The standard InChI is InChI=1S/C15H27N3O2S/c1-2-8-18-12-15(9-14(18)10-16)21(19,20)17-11-13-6-4-3-5-7-13/h9,12-13,17H,2-8,10-11,16H2,1H3. The molecule has 1 fully saturated rings. The van der Waals surface area contributed by atoms with E-state index in [0.29, 0.717) is 23.9 Å². The van der Waals surface area contributed by atoms with E-state index >= 15 is 0 Å². The number of hydrogen-bond acceptors (Lipinski definition) is 3. The summed E-state index contributed by atoms with van der Waals surface area (Å²) in [5.41, 5.74) is 6.56. The van der Waals surface area contributed by atoms with Gasteiger partial charge in [-0.25, -0.2) is 13.1 Å². The number of sulfonamides is 1. The fraction of sp³-hybridized carbons (Fsp3) is 0.733. The molecule has 0 spiro atoms. The number of nitrogens with zero attached hydrogens (tertiary/aromatic N) is 1. The fourth-order valence-corrected chi connectivity index (χ4v) is 4.17. The smallest absolute Gasteiger partial charge is 0.242 e. The van der Waals surface area contributed by atoms with Crippen molar-refractivity contribution in [2.24, 2.45) is 11.7 Å². The van der Waals surface area contributed by atoms with Gasteiger partial charge in [-0.1, -0.05) is 26.2 Å². The van der Waals surface area contributed by atoms with Gasteiger partial charge in [0.05, 0.1) is 4.90 Å². The van der Waals surface area contributed by atoms with E-state index in [4.69, 9.17) is 5.73 Å². The molecular weight excluding hydrogens is 286 g/mol. The maximum Gasteiger partial charge on any atom is 0.242 e. The van der Waals surface area contributed by atoms with Gasteiger partial charge in [-0.05, 0) is 31.2 Å². The van der Waals surface area contributed by atoms with E-state index in [0.717, 1.165) is 31.5 Å². The average Bonchev–Trinajstić information content (AvgIpc) is 2.91. The van der Waals surface area contributed by atoms with Crippen molar-refractivity contribution in [2.45, 2.75) is 63.4 Å². The molecular formula is C15H27N3O2S. The second-order valence-electron chi connectivity index (χ2n) is 5.92. The SMILES string of the molecule is CCCn1cc(S(=O)(=O)NCC2CCCCC2)cc1CN. The first-order chi connectivity index (χ1) is 10.1. The van der Waals surface area contributed by atoms with E-state index in [1.165, 1.54) is 19.3 Å². The summed E-state index contributed by atoms with van der Waals surface area (Å²) in [5, 5.41) is 0.